The minimum atomic E-state index is -0.411. The standard InChI is InChI=1S/C20H14N2O3S/c1-12-14(11-16-19(24)21-20(25)26-16)15-9-5-6-10-22(15)17(12)18(23)13-7-3-2-4-8-13/h2-11H,1H3,(H,21,24,25)/b16-11+. The van der Waals surface area contributed by atoms with Gasteiger partial charge >= 0.3 is 0 Å². The molecular weight excluding hydrogens is 348 g/mol. The van der Waals surface area contributed by atoms with E-state index in [9.17, 15) is 14.4 Å². The molecule has 1 aromatic carbocycles. The Bertz CT molecular complexity index is 1100. The Hall–Kier alpha value is -3.12. The lowest BCUT2D eigenvalue weighted by atomic mass is 10.0. The van der Waals surface area contributed by atoms with Crippen molar-refractivity contribution < 1.29 is 14.4 Å². The van der Waals surface area contributed by atoms with Gasteiger partial charge in [0.2, 0.25) is 5.78 Å². The Kier molecular flexibility index (Phi) is 3.97. The van der Waals surface area contributed by atoms with Crippen molar-refractivity contribution in [3.63, 3.8) is 0 Å². The number of hydrogen-bond donors (Lipinski definition) is 1. The topological polar surface area (TPSA) is 67.7 Å². The molecule has 1 aliphatic rings. The molecule has 0 atom stereocenters. The van der Waals surface area contributed by atoms with Crippen LogP contribution in [-0.4, -0.2) is 21.3 Å². The molecule has 26 heavy (non-hydrogen) atoms. The maximum Gasteiger partial charge on any atom is 0.290 e. The monoisotopic (exact) mass is 362 g/mol. The fourth-order valence-corrected chi connectivity index (χ4v) is 3.76. The summed E-state index contributed by atoms with van der Waals surface area (Å²) in [6.45, 7) is 1.86. The summed E-state index contributed by atoms with van der Waals surface area (Å²) in [4.78, 5) is 36.7. The van der Waals surface area contributed by atoms with Gasteiger partial charge < -0.3 is 4.40 Å². The molecule has 6 heteroatoms. The number of imide groups is 1. The Morgan fingerprint density at radius 3 is 2.50 bits per heavy atom. The predicted molar refractivity (Wildman–Crippen MR) is 101 cm³/mol. The van der Waals surface area contributed by atoms with Gasteiger partial charge in [-0.15, -0.1) is 0 Å². The van der Waals surface area contributed by atoms with E-state index in [2.05, 4.69) is 5.32 Å². The van der Waals surface area contributed by atoms with Gasteiger partial charge in [-0.2, -0.15) is 0 Å². The molecule has 0 spiro atoms. The summed E-state index contributed by atoms with van der Waals surface area (Å²) in [7, 11) is 0. The summed E-state index contributed by atoms with van der Waals surface area (Å²) in [5.41, 5.74) is 3.49. The van der Waals surface area contributed by atoms with Gasteiger partial charge in [0, 0.05) is 17.3 Å². The molecule has 0 bridgehead atoms. The maximum absolute atomic E-state index is 13.1. The van der Waals surface area contributed by atoms with E-state index in [-0.39, 0.29) is 11.0 Å². The zero-order valence-corrected chi connectivity index (χ0v) is 14.7. The van der Waals surface area contributed by atoms with Crippen molar-refractivity contribution in [1.29, 1.82) is 0 Å². The van der Waals surface area contributed by atoms with E-state index in [4.69, 9.17) is 0 Å². The highest BCUT2D eigenvalue weighted by Gasteiger charge is 2.27. The zero-order valence-electron chi connectivity index (χ0n) is 13.9. The average molecular weight is 362 g/mol. The number of rotatable bonds is 3. The van der Waals surface area contributed by atoms with Gasteiger partial charge in [0.05, 0.1) is 16.1 Å². The highest BCUT2D eigenvalue weighted by Crippen LogP contribution is 2.31. The minimum Gasteiger partial charge on any atom is -0.313 e. The van der Waals surface area contributed by atoms with E-state index < -0.39 is 5.91 Å². The third-order valence-electron chi connectivity index (χ3n) is 4.30. The summed E-state index contributed by atoms with van der Waals surface area (Å²) in [5.74, 6) is -0.501. The number of hydrogen-bond acceptors (Lipinski definition) is 4. The molecule has 0 saturated carbocycles. The molecule has 1 aliphatic heterocycles. The van der Waals surface area contributed by atoms with E-state index in [1.807, 2.05) is 53.9 Å². The fourth-order valence-electron chi connectivity index (χ4n) is 3.10. The number of thioether (sulfide) groups is 1. The van der Waals surface area contributed by atoms with Crippen LogP contribution >= 0.6 is 11.8 Å². The van der Waals surface area contributed by atoms with Gasteiger partial charge in [0.15, 0.2) is 0 Å². The second kappa shape index (κ2) is 6.31. The first kappa shape index (κ1) is 16.4. The van der Waals surface area contributed by atoms with Crippen LogP contribution in [0.5, 0.6) is 0 Å². The van der Waals surface area contributed by atoms with Crippen molar-refractivity contribution >= 4 is 40.3 Å². The van der Waals surface area contributed by atoms with Gasteiger partial charge in [0.25, 0.3) is 11.1 Å². The highest BCUT2D eigenvalue weighted by atomic mass is 32.2. The lowest BCUT2D eigenvalue weighted by molar-refractivity contribution is -0.115. The molecule has 2 amide bonds. The van der Waals surface area contributed by atoms with Crippen molar-refractivity contribution in [2.45, 2.75) is 6.92 Å². The third-order valence-corrected chi connectivity index (χ3v) is 5.12. The van der Waals surface area contributed by atoms with E-state index in [0.717, 1.165) is 28.4 Å². The Morgan fingerprint density at radius 2 is 1.81 bits per heavy atom. The molecule has 2 aromatic heterocycles. The molecule has 128 valence electrons. The van der Waals surface area contributed by atoms with Gasteiger partial charge in [-0.05, 0) is 42.5 Å². The van der Waals surface area contributed by atoms with Crippen molar-refractivity contribution in [1.82, 2.24) is 9.72 Å². The van der Waals surface area contributed by atoms with Crippen molar-refractivity contribution in [3.05, 3.63) is 82.0 Å². The van der Waals surface area contributed by atoms with Crippen molar-refractivity contribution in [3.8, 4) is 0 Å². The minimum absolute atomic E-state index is 0.0893. The zero-order chi connectivity index (χ0) is 18.3. The average Bonchev–Trinajstić information content (AvgIpc) is 3.12. The first-order valence-electron chi connectivity index (χ1n) is 8.00. The van der Waals surface area contributed by atoms with Crippen LogP contribution in [0.15, 0.2) is 59.6 Å². The first-order chi connectivity index (χ1) is 12.6. The number of pyridine rings is 1. The summed E-state index contributed by atoms with van der Waals surface area (Å²) in [5, 5.41) is 1.87. The van der Waals surface area contributed by atoms with Crippen LogP contribution in [0, 0.1) is 6.92 Å². The second-order valence-corrected chi connectivity index (χ2v) is 6.91. The molecule has 1 saturated heterocycles. The molecule has 1 fully saturated rings. The Labute approximate surface area is 153 Å². The van der Waals surface area contributed by atoms with Crippen LogP contribution in [0.1, 0.15) is 27.2 Å². The summed E-state index contributed by atoms with van der Waals surface area (Å²) in [6, 6.07) is 14.7. The number of carbonyl (C=O) groups is 3. The van der Waals surface area contributed by atoms with Gasteiger partial charge in [0.1, 0.15) is 0 Å². The Balaban J connectivity index is 1.92. The number of amides is 2. The molecule has 5 nitrogen and oxygen atoms in total. The lowest BCUT2D eigenvalue weighted by Gasteiger charge is -2.03. The maximum atomic E-state index is 13.1. The van der Waals surface area contributed by atoms with Crippen LogP contribution in [0.3, 0.4) is 0 Å². The summed E-state index contributed by atoms with van der Waals surface area (Å²) < 4.78 is 1.83. The lowest BCUT2D eigenvalue weighted by Crippen LogP contribution is -2.17. The van der Waals surface area contributed by atoms with Gasteiger partial charge in [-0.1, -0.05) is 36.4 Å². The van der Waals surface area contributed by atoms with Crippen molar-refractivity contribution in [2.75, 3.05) is 0 Å². The Morgan fingerprint density at radius 1 is 1.08 bits per heavy atom. The number of nitrogens with zero attached hydrogens (tertiary/aromatic N) is 1. The van der Waals surface area contributed by atoms with Crippen LogP contribution in [0.25, 0.3) is 11.6 Å². The number of fused-ring (bicyclic) bond motifs is 1. The van der Waals surface area contributed by atoms with E-state index in [0.29, 0.717) is 16.2 Å². The number of nitrogens with one attached hydrogen (secondary N) is 1. The molecule has 4 rings (SSSR count). The molecule has 3 aromatic rings. The first-order valence-corrected chi connectivity index (χ1v) is 8.82. The fraction of sp³-hybridized carbons (Fsp3) is 0.0500. The normalized spacial score (nSPS) is 15.7. The molecule has 3 heterocycles. The number of ketones is 1. The second-order valence-electron chi connectivity index (χ2n) is 5.89. The van der Waals surface area contributed by atoms with Crippen LogP contribution in [-0.2, 0) is 4.79 Å². The van der Waals surface area contributed by atoms with Gasteiger partial charge in [-0.3, -0.25) is 19.7 Å². The summed E-state index contributed by atoms with van der Waals surface area (Å²) in [6.07, 6.45) is 3.50. The summed E-state index contributed by atoms with van der Waals surface area (Å²) >= 11 is 0.867. The number of benzene rings is 1. The SMILES string of the molecule is Cc1c(/C=C2/SC(=O)NC2=O)c2ccccn2c1C(=O)c1ccccc1. The number of aromatic nitrogens is 1. The smallest absolute Gasteiger partial charge is 0.290 e. The molecule has 0 aliphatic carbocycles. The number of carbonyl (C=O) groups excluding carboxylic acids is 3. The van der Waals surface area contributed by atoms with E-state index in [1.165, 1.54) is 0 Å². The van der Waals surface area contributed by atoms with Crippen LogP contribution in [0.2, 0.25) is 0 Å². The van der Waals surface area contributed by atoms with Gasteiger partial charge in [-0.25, -0.2) is 0 Å². The molecule has 1 N–H and O–H groups in total. The van der Waals surface area contributed by atoms with Crippen LogP contribution in [0.4, 0.5) is 4.79 Å². The molecule has 0 unspecified atom stereocenters. The van der Waals surface area contributed by atoms with Crippen LogP contribution < -0.4 is 5.32 Å². The quantitative estimate of drug-likeness (QED) is 0.568. The van der Waals surface area contributed by atoms with E-state index in [1.54, 1.807) is 18.2 Å². The molecule has 0 radical (unpaired) electrons. The predicted octanol–water partition coefficient (Wildman–Crippen LogP) is 3.80. The highest BCUT2D eigenvalue weighted by molar-refractivity contribution is 8.18. The third kappa shape index (κ3) is 2.64. The largest absolute Gasteiger partial charge is 0.313 e. The molecular formula is C20H14N2O3S. The van der Waals surface area contributed by atoms with E-state index >= 15 is 0 Å². The van der Waals surface area contributed by atoms with Crippen molar-refractivity contribution in [2.24, 2.45) is 0 Å².